The van der Waals surface area contributed by atoms with Crippen LogP contribution in [0, 0.1) is 0 Å². The molecule has 5 aromatic rings. The molecular weight excluding hydrogens is 475 g/mol. The molecule has 0 radical (unpaired) electrons. The first kappa shape index (κ1) is 17.2. The van der Waals surface area contributed by atoms with Gasteiger partial charge in [-0.2, -0.15) is 0 Å². The van der Waals surface area contributed by atoms with Crippen LogP contribution >= 0.6 is 56.7 Å². The van der Waals surface area contributed by atoms with Crippen LogP contribution in [0.5, 0.6) is 0 Å². The van der Waals surface area contributed by atoms with Crippen LogP contribution < -0.4 is 18.3 Å². The minimum absolute atomic E-state index is 1.54. The Morgan fingerprint density at radius 1 is 0.385 bits per heavy atom. The van der Waals surface area contributed by atoms with E-state index in [2.05, 4.69) is 87.6 Å². The summed E-state index contributed by atoms with van der Waals surface area (Å²) in [5, 5.41) is 11.2. The average Bonchev–Trinajstić information content (AvgIpc) is 3.52. The van der Waals surface area contributed by atoms with E-state index in [0.29, 0.717) is 0 Å². The van der Waals surface area contributed by atoms with Crippen LogP contribution in [0.25, 0.3) is 0 Å². The molecule has 0 amide bonds. The quantitative estimate of drug-likeness (QED) is 0.324. The molecule has 6 heteroatoms. The fraction of sp³-hybridized carbons (Fsp3) is 0. The molecule has 0 aliphatic carbocycles. The Morgan fingerprint density at radius 2 is 0.615 bits per heavy atom. The zero-order valence-electron chi connectivity index (χ0n) is 13.6. The van der Waals surface area contributed by atoms with Crippen LogP contribution in [0.15, 0.2) is 87.6 Å². The molecule has 0 aliphatic rings. The van der Waals surface area contributed by atoms with E-state index >= 15 is 0 Å². The van der Waals surface area contributed by atoms with E-state index in [9.17, 15) is 0 Å². The minimum atomic E-state index is -3.67. The summed E-state index contributed by atoms with van der Waals surface area (Å²) >= 11 is 5.97. The first-order chi connectivity index (χ1) is 12.9. The fourth-order valence-electron chi connectivity index (χ4n) is 3.71. The Kier molecular flexibility index (Phi) is 4.35. The predicted octanol–water partition coefficient (Wildman–Crippen LogP) is 4.23. The van der Waals surface area contributed by atoms with Crippen molar-refractivity contribution >= 4 is 87.5 Å². The van der Waals surface area contributed by atoms with Crippen molar-refractivity contribution in [2.24, 2.45) is 0 Å². The molecule has 5 rings (SSSR count). The van der Waals surface area contributed by atoms with E-state index in [-0.39, 0.29) is 0 Å². The molecule has 5 aromatic heterocycles. The zero-order chi connectivity index (χ0) is 17.5. The van der Waals surface area contributed by atoms with E-state index in [0.717, 1.165) is 0 Å². The van der Waals surface area contributed by atoms with E-state index in [1.165, 1.54) is 0 Å². The molecule has 0 aromatic carbocycles. The van der Waals surface area contributed by atoms with Crippen LogP contribution in [0.3, 0.4) is 0 Å². The van der Waals surface area contributed by atoms with Gasteiger partial charge >= 0.3 is 175 Å². The van der Waals surface area contributed by atoms with Gasteiger partial charge in [-0.25, -0.2) is 0 Å². The molecule has 5 heterocycles. The van der Waals surface area contributed by atoms with Crippen LogP contribution in [-0.4, -0.2) is 12.5 Å². The molecule has 0 N–H and O–H groups in total. The second kappa shape index (κ2) is 6.59. The summed E-state index contributed by atoms with van der Waals surface area (Å²) in [6.07, 6.45) is 0. The van der Waals surface area contributed by atoms with E-state index in [4.69, 9.17) is 0 Å². The van der Waals surface area contributed by atoms with Gasteiger partial charge in [-0.05, 0) is 0 Å². The molecule has 0 atom stereocenters. The van der Waals surface area contributed by atoms with Gasteiger partial charge in [-0.3, -0.25) is 0 Å². The molecular formula is C20H15AsS5. The SMILES string of the molecule is c1csc([As](c2cccs2)(c2cccs2)(c2cccs2)c2cccs2)c1. The standard InChI is InChI=1S/C20H15AsS5/c1-6-16(22-11-1)21(17-7-2-12-23-17,18-8-3-13-24-18,19-9-4-14-25-19)20-10-5-15-26-20/h1-15H. The van der Waals surface area contributed by atoms with Gasteiger partial charge in [0.15, 0.2) is 0 Å². The van der Waals surface area contributed by atoms with Crippen molar-refractivity contribution in [2.45, 2.75) is 0 Å². The molecule has 0 spiro atoms. The normalized spacial score (nSPS) is 13.5. The Labute approximate surface area is 173 Å². The summed E-state index contributed by atoms with van der Waals surface area (Å²) in [7, 11) is 0. The van der Waals surface area contributed by atoms with Crippen molar-refractivity contribution in [2.75, 3.05) is 0 Å². The fourth-order valence-corrected chi connectivity index (χ4v) is 37.4. The molecule has 0 aliphatic heterocycles. The van der Waals surface area contributed by atoms with Crippen molar-refractivity contribution in [3.8, 4) is 0 Å². The molecule has 0 saturated carbocycles. The van der Waals surface area contributed by atoms with Crippen molar-refractivity contribution < 1.29 is 0 Å². The molecule has 130 valence electrons. The third-order valence-electron chi connectivity index (χ3n) is 4.73. The second-order valence-corrected chi connectivity index (χ2v) is 23.7. The molecule has 0 nitrogen and oxygen atoms in total. The second-order valence-electron chi connectivity index (χ2n) is 5.87. The van der Waals surface area contributed by atoms with E-state index < -0.39 is 12.5 Å². The van der Waals surface area contributed by atoms with Crippen molar-refractivity contribution in [1.82, 2.24) is 0 Å². The summed E-state index contributed by atoms with van der Waals surface area (Å²) in [5.74, 6) is 0. The Hall–Kier alpha value is -0.942. The van der Waals surface area contributed by atoms with E-state index in [1.54, 1.807) is 18.3 Å². The third kappa shape index (κ3) is 2.05. The van der Waals surface area contributed by atoms with Gasteiger partial charge in [0.05, 0.1) is 0 Å². The van der Waals surface area contributed by atoms with Crippen LogP contribution in [0.1, 0.15) is 0 Å². The van der Waals surface area contributed by atoms with Crippen molar-refractivity contribution in [3.63, 3.8) is 0 Å². The topological polar surface area (TPSA) is 0 Å². The Balaban J connectivity index is 2.11. The zero-order valence-corrected chi connectivity index (χ0v) is 19.6. The van der Waals surface area contributed by atoms with E-state index in [1.807, 2.05) is 56.7 Å². The Morgan fingerprint density at radius 3 is 0.769 bits per heavy atom. The van der Waals surface area contributed by atoms with Crippen LogP contribution in [0.4, 0.5) is 0 Å². The number of rotatable bonds is 5. The Bertz CT molecular complexity index is 853. The summed E-state index contributed by atoms with van der Waals surface area (Å²) in [6.45, 7) is 0. The number of hydrogen-bond acceptors (Lipinski definition) is 5. The maximum absolute atomic E-state index is 3.67. The summed E-state index contributed by atoms with van der Waals surface area (Å²) in [6, 6.07) is 23.0. The molecule has 0 unspecified atom stereocenters. The monoisotopic (exact) mass is 490 g/mol. The van der Waals surface area contributed by atoms with Crippen molar-refractivity contribution in [1.29, 1.82) is 0 Å². The molecule has 0 fully saturated rings. The van der Waals surface area contributed by atoms with Gasteiger partial charge in [0.25, 0.3) is 0 Å². The van der Waals surface area contributed by atoms with Gasteiger partial charge in [0, 0.05) is 0 Å². The average molecular weight is 491 g/mol. The van der Waals surface area contributed by atoms with Gasteiger partial charge in [-0.15, -0.1) is 0 Å². The van der Waals surface area contributed by atoms with Gasteiger partial charge in [0.2, 0.25) is 0 Å². The van der Waals surface area contributed by atoms with Gasteiger partial charge < -0.3 is 0 Å². The third-order valence-corrected chi connectivity index (χ3v) is 31.7. The molecule has 26 heavy (non-hydrogen) atoms. The number of hydrogen-bond donors (Lipinski definition) is 0. The summed E-state index contributed by atoms with van der Waals surface area (Å²) < 4.78 is 7.70. The summed E-state index contributed by atoms with van der Waals surface area (Å²) in [5.41, 5.74) is 0. The van der Waals surface area contributed by atoms with Crippen molar-refractivity contribution in [3.05, 3.63) is 87.6 Å². The molecule has 0 saturated heterocycles. The maximum atomic E-state index is 2.38. The summed E-state index contributed by atoms with van der Waals surface area (Å²) in [4.78, 5) is 0. The van der Waals surface area contributed by atoms with Gasteiger partial charge in [0.1, 0.15) is 0 Å². The first-order valence-corrected chi connectivity index (χ1v) is 17.2. The van der Waals surface area contributed by atoms with Gasteiger partial charge in [-0.1, -0.05) is 0 Å². The number of thiophene rings is 5. The van der Waals surface area contributed by atoms with Crippen LogP contribution in [0.2, 0.25) is 0 Å². The van der Waals surface area contributed by atoms with Crippen LogP contribution in [-0.2, 0) is 0 Å². The first-order valence-electron chi connectivity index (χ1n) is 8.09. The predicted molar refractivity (Wildman–Crippen MR) is 126 cm³/mol. The molecule has 0 bridgehead atoms.